The van der Waals surface area contributed by atoms with Crippen LogP contribution in [0.4, 0.5) is 0 Å². The predicted octanol–water partition coefficient (Wildman–Crippen LogP) is 16.0. The fourth-order valence-electron chi connectivity index (χ4n) is 9.08. The number of thiophene rings is 2. The van der Waals surface area contributed by atoms with Gasteiger partial charge in [0.2, 0.25) is 11.2 Å². The average Bonchev–Trinajstić information content (AvgIpc) is 4.17. The van der Waals surface area contributed by atoms with Crippen molar-refractivity contribution in [3.8, 4) is 39.6 Å². The van der Waals surface area contributed by atoms with Gasteiger partial charge in [-0.15, -0.1) is 22.7 Å². The molecule has 0 amide bonds. The van der Waals surface area contributed by atoms with E-state index in [4.69, 9.17) is 21.6 Å². The van der Waals surface area contributed by atoms with E-state index in [0.29, 0.717) is 5.95 Å². The van der Waals surface area contributed by atoms with E-state index < -0.39 is 0 Å². The standard InChI is InChI=1S/C28H17N3S.C15H10S.C14H9ClN2/c1-2-8-18(9-3-1)27-21-11-4-6-12-23(21)29-28(30-27)31-24-13-7-5-10-20(24)22-16-19-14-15-32-26(19)17-25(22)31;1-2-4-13-10(3-1)7-12-9-15-11(5-6-16-15)8-14(12)13;15-14-16-12-9-5-4-8-11(12)13(17-14)10-6-2-1-3-7-10/h1-17H;1-6,8-9H,7H2;1-9H. The molecule has 8 aromatic carbocycles. The summed E-state index contributed by atoms with van der Waals surface area (Å²) in [6, 6.07) is 67.4. The number of fused-ring (bicyclic) bond motifs is 10. The number of hydrogen-bond donors (Lipinski definition) is 0. The van der Waals surface area contributed by atoms with Crippen molar-refractivity contribution in [2.24, 2.45) is 0 Å². The molecule has 5 aromatic heterocycles. The summed E-state index contributed by atoms with van der Waals surface area (Å²) < 4.78 is 4.89. The molecule has 1 aliphatic carbocycles. The fraction of sp³-hybridized carbons (Fsp3) is 0.0175. The third-order valence-electron chi connectivity index (χ3n) is 12.1. The summed E-state index contributed by atoms with van der Waals surface area (Å²) in [6.07, 6.45) is 1.10. The molecule has 5 heterocycles. The second kappa shape index (κ2) is 16.5. The lowest BCUT2D eigenvalue weighted by Gasteiger charge is -2.11. The van der Waals surface area contributed by atoms with Crippen molar-refractivity contribution >= 4 is 98.1 Å². The van der Waals surface area contributed by atoms with Gasteiger partial charge in [0.25, 0.3) is 0 Å². The van der Waals surface area contributed by atoms with Gasteiger partial charge in [-0.2, -0.15) is 0 Å². The molecule has 8 heteroatoms. The van der Waals surface area contributed by atoms with Gasteiger partial charge in [0.05, 0.1) is 33.5 Å². The Kier molecular flexibility index (Phi) is 9.94. The van der Waals surface area contributed by atoms with Crippen molar-refractivity contribution in [1.29, 1.82) is 0 Å². The highest BCUT2D eigenvalue weighted by molar-refractivity contribution is 7.17. The summed E-state index contributed by atoms with van der Waals surface area (Å²) in [5, 5.41) is 11.8. The van der Waals surface area contributed by atoms with Crippen molar-refractivity contribution in [2.75, 3.05) is 0 Å². The Morgan fingerprint density at radius 3 is 1.71 bits per heavy atom. The van der Waals surface area contributed by atoms with Gasteiger partial charge in [-0.25, -0.2) is 19.9 Å². The maximum Gasteiger partial charge on any atom is 0.235 e. The highest BCUT2D eigenvalue weighted by Crippen LogP contribution is 2.40. The van der Waals surface area contributed by atoms with Crippen LogP contribution in [-0.4, -0.2) is 24.5 Å². The van der Waals surface area contributed by atoms with Gasteiger partial charge >= 0.3 is 0 Å². The molecule has 14 rings (SSSR count). The number of aromatic nitrogens is 5. The van der Waals surface area contributed by atoms with Crippen LogP contribution in [0.5, 0.6) is 0 Å². The van der Waals surface area contributed by atoms with E-state index in [1.54, 1.807) is 11.3 Å². The monoisotopic (exact) mass is 889 g/mol. The average molecular weight is 891 g/mol. The van der Waals surface area contributed by atoms with E-state index in [9.17, 15) is 0 Å². The van der Waals surface area contributed by atoms with Crippen molar-refractivity contribution in [1.82, 2.24) is 24.5 Å². The van der Waals surface area contributed by atoms with Crippen LogP contribution in [-0.2, 0) is 6.42 Å². The quantitative estimate of drug-likeness (QED) is 0.166. The smallest absolute Gasteiger partial charge is 0.235 e. The molecule has 0 fully saturated rings. The van der Waals surface area contributed by atoms with Gasteiger partial charge in [-0.1, -0.05) is 140 Å². The minimum atomic E-state index is 0.280. The van der Waals surface area contributed by atoms with Crippen LogP contribution in [0.15, 0.2) is 205 Å². The summed E-state index contributed by atoms with van der Waals surface area (Å²) in [7, 11) is 0. The van der Waals surface area contributed by atoms with Crippen LogP contribution in [0.25, 0.3) is 103 Å². The highest BCUT2D eigenvalue weighted by Gasteiger charge is 2.20. The van der Waals surface area contributed by atoms with Gasteiger partial charge in [0, 0.05) is 42.1 Å². The summed E-state index contributed by atoms with van der Waals surface area (Å²) in [4.78, 5) is 18.7. The molecule has 0 bridgehead atoms. The SMILES string of the molecule is Clc1nc(-c2ccccc2)c2ccccc2n1.c1ccc(-c2nc(-n3c4ccccc4c4cc5ccsc5cc43)nc3ccccc23)cc1.c1ccc2c(c1)Cc1cc3sccc3cc1-2. The maximum atomic E-state index is 5.95. The van der Waals surface area contributed by atoms with Crippen molar-refractivity contribution in [3.63, 3.8) is 0 Å². The number of rotatable bonds is 3. The number of hydrogen-bond acceptors (Lipinski definition) is 6. The number of para-hydroxylation sites is 3. The van der Waals surface area contributed by atoms with Gasteiger partial charge in [0.1, 0.15) is 0 Å². The molecular weight excluding hydrogens is 854 g/mol. The van der Waals surface area contributed by atoms with Gasteiger partial charge in [0.15, 0.2) is 0 Å². The molecule has 0 spiro atoms. The molecule has 0 atom stereocenters. The minimum absolute atomic E-state index is 0.280. The highest BCUT2D eigenvalue weighted by atomic mass is 35.5. The molecule has 13 aromatic rings. The second-order valence-corrected chi connectivity index (χ2v) is 18.2. The van der Waals surface area contributed by atoms with Crippen LogP contribution in [0.1, 0.15) is 11.1 Å². The Bertz CT molecular complexity index is 3890. The molecule has 65 heavy (non-hydrogen) atoms. The van der Waals surface area contributed by atoms with E-state index in [-0.39, 0.29) is 5.28 Å². The summed E-state index contributed by atoms with van der Waals surface area (Å²) in [5.41, 5.74) is 13.8. The van der Waals surface area contributed by atoms with Crippen molar-refractivity contribution < 1.29 is 0 Å². The lowest BCUT2D eigenvalue weighted by Crippen LogP contribution is -2.03. The molecule has 5 nitrogen and oxygen atoms in total. The van der Waals surface area contributed by atoms with Crippen molar-refractivity contribution in [2.45, 2.75) is 6.42 Å². The third-order valence-corrected chi connectivity index (χ3v) is 14.0. The largest absolute Gasteiger partial charge is 0.278 e. The van der Waals surface area contributed by atoms with Gasteiger partial charge in [-0.3, -0.25) is 4.57 Å². The normalized spacial score (nSPS) is 11.7. The Hall–Kier alpha value is -7.55. The minimum Gasteiger partial charge on any atom is -0.278 e. The van der Waals surface area contributed by atoms with Crippen LogP contribution in [0, 0.1) is 0 Å². The summed E-state index contributed by atoms with van der Waals surface area (Å²) in [6.45, 7) is 0. The second-order valence-electron chi connectivity index (χ2n) is 16.0. The molecule has 0 unspecified atom stereocenters. The number of nitrogens with zero attached hydrogens (tertiary/aromatic N) is 5. The van der Waals surface area contributed by atoms with Gasteiger partial charge < -0.3 is 0 Å². The topological polar surface area (TPSA) is 56.5 Å². The Morgan fingerprint density at radius 1 is 0.415 bits per heavy atom. The van der Waals surface area contributed by atoms with Crippen LogP contribution < -0.4 is 0 Å². The molecule has 0 aliphatic heterocycles. The lowest BCUT2D eigenvalue weighted by molar-refractivity contribution is 1.01. The number of halogens is 1. The van der Waals surface area contributed by atoms with E-state index in [0.717, 1.165) is 61.8 Å². The summed E-state index contributed by atoms with van der Waals surface area (Å²) in [5.74, 6) is 0.699. The molecule has 0 saturated heterocycles. The first kappa shape index (κ1) is 39.1. The zero-order chi connectivity index (χ0) is 43.3. The Morgan fingerprint density at radius 2 is 0.985 bits per heavy atom. The molecule has 0 radical (unpaired) electrons. The molecule has 1 aliphatic rings. The first-order valence-electron chi connectivity index (χ1n) is 21.4. The Balaban J connectivity index is 0.000000113. The fourth-order valence-corrected chi connectivity index (χ4v) is 10.9. The molecule has 0 N–H and O–H groups in total. The zero-order valence-corrected chi connectivity index (χ0v) is 37.2. The van der Waals surface area contributed by atoms with E-state index in [1.165, 1.54) is 53.2 Å². The van der Waals surface area contributed by atoms with Crippen LogP contribution in [0.2, 0.25) is 5.28 Å². The molecule has 0 saturated carbocycles. The molecular formula is C57H36ClN5S2. The lowest BCUT2D eigenvalue weighted by atomic mass is 10.0. The van der Waals surface area contributed by atoms with E-state index in [1.807, 2.05) is 84.1 Å². The first-order chi connectivity index (χ1) is 32.1. The van der Waals surface area contributed by atoms with Gasteiger partial charge in [-0.05, 0) is 116 Å². The Labute approximate surface area is 387 Å². The van der Waals surface area contributed by atoms with E-state index in [2.05, 4.69) is 147 Å². The maximum absolute atomic E-state index is 5.95. The number of benzene rings is 8. The summed E-state index contributed by atoms with van der Waals surface area (Å²) >= 11 is 9.55. The van der Waals surface area contributed by atoms with Crippen molar-refractivity contribution in [3.05, 3.63) is 221 Å². The first-order valence-corrected chi connectivity index (χ1v) is 23.6. The third kappa shape index (κ3) is 7.20. The van der Waals surface area contributed by atoms with Crippen LogP contribution in [0.3, 0.4) is 0 Å². The predicted molar refractivity (Wildman–Crippen MR) is 275 cm³/mol. The molecule has 308 valence electrons. The van der Waals surface area contributed by atoms with E-state index >= 15 is 0 Å². The van der Waals surface area contributed by atoms with Crippen LogP contribution >= 0.6 is 34.3 Å². The zero-order valence-electron chi connectivity index (χ0n) is 34.8.